The number of halogens is 1. The predicted molar refractivity (Wildman–Crippen MR) is 91.5 cm³/mol. The lowest BCUT2D eigenvalue weighted by Crippen LogP contribution is -2.17. The molecule has 0 aliphatic carbocycles. The molecule has 24 heavy (non-hydrogen) atoms. The second-order valence-electron chi connectivity index (χ2n) is 4.83. The van der Waals surface area contributed by atoms with Crippen molar-refractivity contribution in [2.24, 2.45) is 0 Å². The second-order valence-corrected chi connectivity index (χ2v) is 7.60. The van der Waals surface area contributed by atoms with E-state index in [0.29, 0.717) is 11.4 Å². The van der Waals surface area contributed by atoms with Crippen molar-refractivity contribution in [1.29, 1.82) is 0 Å². The number of carbonyl (C=O) groups excluding carboxylic acids is 2. The normalized spacial score (nSPS) is 11.0. The van der Waals surface area contributed by atoms with Crippen molar-refractivity contribution < 1.29 is 18.0 Å². The zero-order chi connectivity index (χ0) is 17.9. The van der Waals surface area contributed by atoms with Crippen molar-refractivity contribution in [2.45, 2.75) is 12.1 Å². The molecule has 0 spiro atoms. The highest BCUT2D eigenvalue weighted by Gasteiger charge is 2.18. The van der Waals surface area contributed by atoms with Crippen LogP contribution >= 0.6 is 15.9 Å². The number of carbonyl (C=O) groups is 2. The van der Waals surface area contributed by atoms with Crippen molar-refractivity contribution >= 4 is 49.0 Å². The molecule has 2 N–H and O–H groups in total. The molecule has 126 valence electrons. The number of benzene rings is 1. The van der Waals surface area contributed by atoms with Gasteiger partial charge in [-0.05, 0) is 40.2 Å². The van der Waals surface area contributed by atoms with Gasteiger partial charge in [0.25, 0.3) is 5.91 Å². The Bertz CT molecular complexity index is 897. The molecule has 0 bridgehead atoms. The first kappa shape index (κ1) is 18.0. The molecule has 10 heteroatoms. The van der Waals surface area contributed by atoms with Gasteiger partial charge in [0.05, 0.1) is 4.47 Å². The fourth-order valence-electron chi connectivity index (χ4n) is 1.72. The van der Waals surface area contributed by atoms with Gasteiger partial charge in [-0.2, -0.15) is 0 Å². The number of aromatic nitrogens is 2. The number of amides is 2. The molecule has 1 aromatic carbocycles. The molecule has 0 fully saturated rings. The van der Waals surface area contributed by atoms with Gasteiger partial charge in [-0.1, -0.05) is 0 Å². The Balaban J connectivity index is 2.22. The number of rotatable bonds is 4. The van der Waals surface area contributed by atoms with E-state index in [-0.39, 0.29) is 16.1 Å². The third-order valence-electron chi connectivity index (χ3n) is 2.73. The Morgan fingerprint density at radius 1 is 1.08 bits per heavy atom. The van der Waals surface area contributed by atoms with Gasteiger partial charge in [-0.3, -0.25) is 9.59 Å². The van der Waals surface area contributed by atoms with E-state index in [0.717, 1.165) is 6.26 Å². The maximum Gasteiger partial charge on any atom is 0.275 e. The van der Waals surface area contributed by atoms with Gasteiger partial charge >= 0.3 is 0 Å². The van der Waals surface area contributed by atoms with Crippen LogP contribution in [0, 0.1) is 0 Å². The minimum Gasteiger partial charge on any atom is -0.326 e. The Morgan fingerprint density at radius 2 is 1.62 bits per heavy atom. The molecule has 1 aromatic heterocycles. The summed E-state index contributed by atoms with van der Waals surface area (Å²) in [4.78, 5) is 30.7. The minimum absolute atomic E-state index is 0.101. The van der Waals surface area contributed by atoms with Crippen LogP contribution in [-0.4, -0.2) is 36.5 Å². The summed E-state index contributed by atoms with van der Waals surface area (Å²) in [7, 11) is -3.63. The van der Waals surface area contributed by atoms with Gasteiger partial charge in [0.1, 0.15) is 5.69 Å². The monoisotopic (exact) mass is 412 g/mol. The van der Waals surface area contributed by atoms with Gasteiger partial charge < -0.3 is 10.6 Å². The number of hydrogen-bond acceptors (Lipinski definition) is 6. The molecule has 0 aliphatic rings. The molecule has 2 aromatic rings. The van der Waals surface area contributed by atoms with Crippen LogP contribution in [0.5, 0.6) is 0 Å². The van der Waals surface area contributed by atoms with E-state index in [4.69, 9.17) is 0 Å². The number of nitrogens with zero attached hydrogens (tertiary/aromatic N) is 2. The van der Waals surface area contributed by atoms with Gasteiger partial charge in [0.2, 0.25) is 20.9 Å². The first-order valence-corrected chi connectivity index (χ1v) is 9.27. The minimum atomic E-state index is -3.63. The Labute approximate surface area is 146 Å². The Kier molecular flexibility index (Phi) is 5.30. The van der Waals surface area contributed by atoms with Crippen LogP contribution < -0.4 is 10.6 Å². The van der Waals surface area contributed by atoms with Crippen molar-refractivity contribution in [3.05, 3.63) is 40.6 Å². The summed E-state index contributed by atoms with van der Waals surface area (Å²) < 4.78 is 23.3. The van der Waals surface area contributed by atoms with Crippen LogP contribution in [0.2, 0.25) is 0 Å². The molecule has 1 heterocycles. The lowest BCUT2D eigenvalue weighted by molar-refractivity contribution is -0.114. The molecule has 0 saturated carbocycles. The highest BCUT2D eigenvalue weighted by atomic mass is 79.9. The maximum absolute atomic E-state index is 12.3. The van der Waals surface area contributed by atoms with Crippen LogP contribution in [0.15, 0.2) is 40.1 Å². The van der Waals surface area contributed by atoms with E-state index in [2.05, 4.69) is 36.5 Å². The summed E-state index contributed by atoms with van der Waals surface area (Å²) in [5, 5.41) is 4.76. The summed E-state index contributed by atoms with van der Waals surface area (Å²) in [6.45, 7) is 1.39. The molecular formula is C14H13BrN4O4S. The van der Waals surface area contributed by atoms with E-state index in [1.54, 1.807) is 24.3 Å². The van der Waals surface area contributed by atoms with E-state index in [1.807, 2.05) is 0 Å². The van der Waals surface area contributed by atoms with Crippen LogP contribution in [0.1, 0.15) is 17.4 Å². The van der Waals surface area contributed by atoms with Crippen LogP contribution in [-0.2, 0) is 14.6 Å². The molecule has 0 aliphatic heterocycles. The van der Waals surface area contributed by atoms with Gasteiger partial charge in [0, 0.05) is 30.8 Å². The average Bonchev–Trinajstić information content (AvgIpc) is 2.48. The zero-order valence-electron chi connectivity index (χ0n) is 12.7. The van der Waals surface area contributed by atoms with Crippen LogP contribution in [0.3, 0.4) is 0 Å². The van der Waals surface area contributed by atoms with E-state index < -0.39 is 20.9 Å². The Morgan fingerprint density at radius 3 is 2.12 bits per heavy atom. The van der Waals surface area contributed by atoms with Gasteiger partial charge in [0.15, 0.2) is 0 Å². The van der Waals surface area contributed by atoms with Crippen molar-refractivity contribution in [1.82, 2.24) is 9.97 Å². The fraction of sp³-hybridized carbons (Fsp3) is 0.143. The zero-order valence-corrected chi connectivity index (χ0v) is 15.1. The Hall–Kier alpha value is -2.33. The van der Waals surface area contributed by atoms with E-state index in [9.17, 15) is 18.0 Å². The maximum atomic E-state index is 12.3. The summed E-state index contributed by atoms with van der Waals surface area (Å²) in [5.41, 5.74) is 0.944. The number of nitrogens with one attached hydrogen (secondary N) is 2. The molecule has 0 unspecified atom stereocenters. The van der Waals surface area contributed by atoms with Crippen molar-refractivity contribution in [3.63, 3.8) is 0 Å². The van der Waals surface area contributed by atoms with Crippen molar-refractivity contribution in [3.8, 4) is 0 Å². The lowest BCUT2D eigenvalue weighted by atomic mass is 10.2. The predicted octanol–water partition coefficient (Wildman–Crippen LogP) is 1.85. The van der Waals surface area contributed by atoms with Gasteiger partial charge in [-0.15, -0.1) is 0 Å². The van der Waals surface area contributed by atoms with E-state index in [1.165, 1.54) is 13.1 Å². The summed E-state index contributed by atoms with van der Waals surface area (Å²) >= 11 is 3.12. The largest absolute Gasteiger partial charge is 0.326 e. The van der Waals surface area contributed by atoms with Crippen molar-refractivity contribution in [2.75, 3.05) is 16.9 Å². The highest BCUT2D eigenvalue weighted by Crippen LogP contribution is 2.18. The molecule has 0 atom stereocenters. The van der Waals surface area contributed by atoms with E-state index >= 15 is 0 Å². The molecule has 2 amide bonds. The number of anilines is 2. The first-order chi connectivity index (χ1) is 11.2. The number of hydrogen-bond donors (Lipinski definition) is 2. The lowest BCUT2D eigenvalue weighted by Gasteiger charge is -2.08. The third kappa shape index (κ3) is 4.59. The molecule has 8 nitrogen and oxygen atoms in total. The smallest absolute Gasteiger partial charge is 0.275 e. The van der Waals surface area contributed by atoms with Crippen LogP contribution in [0.4, 0.5) is 11.4 Å². The second kappa shape index (κ2) is 7.05. The third-order valence-corrected chi connectivity index (χ3v) is 4.17. The molecular weight excluding hydrogens is 400 g/mol. The first-order valence-electron chi connectivity index (χ1n) is 6.58. The number of sulfone groups is 1. The molecule has 2 rings (SSSR count). The quantitative estimate of drug-likeness (QED) is 0.739. The van der Waals surface area contributed by atoms with Crippen LogP contribution in [0.25, 0.3) is 0 Å². The molecule has 0 radical (unpaired) electrons. The summed E-state index contributed by atoms with van der Waals surface area (Å²) in [6.07, 6.45) is 2.16. The average molecular weight is 413 g/mol. The topological polar surface area (TPSA) is 118 Å². The van der Waals surface area contributed by atoms with Gasteiger partial charge in [-0.25, -0.2) is 18.4 Å². The fourth-order valence-corrected chi connectivity index (χ4v) is 2.59. The summed E-state index contributed by atoms with van der Waals surface area (Å²) in [6, 6.07) is 6.42. The summed E-state index contributed by atoms with van der Waals surface area (Å²) in [5.74, 6) is -0.800. The molecule has 0 saturated heterocycles. The SMILES string of the molecule is CC(=O)Nc1ccc(NC(=O)c2nc(S(C)(=O)=O)ncc2Br)cc1. The highest BCUT2D eigenvalue weighted by molar-refractivity contribution is 9.10. The standard InChI is InChI=1S/C14H13BrN4O4S/c1-8(20)17-9-3-5-10(6-4-9)18-13(21)12-11(15)7-16-14(19-12)24(2,22)23/h3-7H,1-2H3,(H,17,20)(H,18,21).